The second-order valence-electron chi connectivity index (χ2n) is 4.27. The van der Waals surface area contributed by atoms with E-state index >= 15 is 0 Å². The van der Waals surface area contributed by atoms with Crippen molar-refractivity contribution >= 4 is 5.82 Å². The predicted octanol–water partition coefficient (Wildman–Crippen LogP) is 1.37. The molecule has 1 aromatic heterocycles. The Labute approximate surface area is 101 Å². The molecule has 1 unspecified atom stereocenters. The summed E-state index contributed by atoms with van der Waals surface area (Å²) in [5, 5.41) is 3.33. The normalized spacial score (nSPS) is 20.6. The largest absolute Gasteiger partial charge is 0.349 e. The van der Waals surface area contributed by atoms with Crippen LogP contribution < -0.4 is 10.2 Å². The molecule has 2 heterocycles. The number of hydrogen-bond donors (Lipinski definition) is 1. The van der Waals surface area contributed by atoms with Crippen molar-refractivity contribution in [1.29, 1.82) is 0 Å². The fourth-order valence-corrected chi connectivity index (χ4v) is 2.25. The Kier molecular flexibility index (Phi) is 3.89. The number of halogens is 1. The second-order valence-corrected chi connectivity index (χ2v) is 4.27. The quantitative estimate of drug-likeness (QED) is 0.863. The van der Waals surface area contributed by atoms with Gasteiger partial charge in [0.15, 0.2) is 11.6 Å². The minimum Gasteiger partial charge on any atom is -0.349 e. The van der Waals surface area contributed by atoms with Crippen LogP contribution in [-0.2, 0) is 6.42 Å². The van der Waals surface area contributed by atoms with Crippen LogP contribution in [0.1, 0.15) is 26.0 Å². The van der Waals surface area contributed by atoms with E-state index in [0.717, 1.165) is 26.1 Å². The van der Waals surface area contributed by atoms with Crippen LogP contribution in [0.15, 0.2) is 6.33 Å². The molecular formula is C12H19FN4. The average molecular weight is 238 g/mol. The molecule has 0 bridgehead atoms. The maximum atomic E-state index is 14.2. The zero-order chi connectivity index (χ0) is 12.3. The molecule has 1 aliphatic rings. The van der Waals surface area contributed by atoms with Crippen LogP contribution in [0.25, 0.3) is 0 Å². The number of hydrogen-bond acceptors (Lipinski definition) is 4. The number of piperazine rings is 1. The molecule has 1 aromatic rings. The van der Waals surface area contributed by atoms with Gasteiger partial charge in [-0.3, -0.25) is 0 Å². The van der Waals surface area contributed by atoms with Crippen molar-refractivity contribution in [3.05, 3.63) is 17.8 Å². The maximum Gasteiger partial charge on any atom is 0.187 e. The van der Waals surface area contributed by atoms with E-state index in [0.29, 0.717) is 24.0 Å². The van der Waals surface area contributed by atoms with E-state index in [1.165, 1.54) is 6.33 Å². The summed E-state index contributed by atoms with van der Waals surface area (Å²) in [5.41, 5.74) is 0.503. The molecule has 94 valence electrons. The summed E-state index contributed by atoms with van der Waals surface area (Å²) < 4.78 is 14.2. The first-order chi connectivity index (χ1) is 8.27. The molecule has 0 radical (unpaired) electrons. The first kappa shape index (κ1) is 12.2. The zero-order valence-electron chi connectivity index (χ0n) is 10.4. The zero-order valence-corrected chi connectivity index (χ0v) is 10.4. The number of aryl methyl sites for hydroxylation is 1. The first-order valence-corrected chi connectivity index (χ1v) is 6.24. The fourth-order valence-electron chi connectivity index (χ4n) is 2.25. The molecule has 5 heteroatoms. The van der Waals surface area contributed by atoms with E-state index in [-0.39, 0.29) is 5.82 Å². The Morgan fingerprint density at radius 1 is 1.47 bits per heavy atom. The lowest BCUT2D eigenvalue weighted by Gasteiger charge is -2.36. The van der Waals surface area contributed by atoms with Crippen molar-refractivity contribution in [2.75, 3.05) is 24.5 Å². The molecule has 0 aliphatic carbocycles. The van der Waals surface area contributed by atoms with Gasteiger partial charge in [0.2, 0.25) is 0 Å². The number of rotatable bonds is 3. The van der Waals surface area contributed by atoms with Crippen molar-refractivity contribution in [2.24, 2.45) is 0 Å². The van der Waals surface area contributed by atoms with E-state index in [1.54, 1.807) is 0 Å². The van der Waals surface area contributed by atoms with Crippen LogP contribution in [0.5, 0.6) is 0 Å². The van der Waals surface area contributed by atoms with Crippen LogP contribution in [0.3, 0.4) is 0 Å². The lowest BCUT2D eigenvalue weighted by Crippen LogP contribution is -2.51. The average Bonchev–Trinajstić information content (AvgIpc) is 2.39. The van der Waals surface area contributed by atoms with E-state index in [1.807, 2.05) is 6.92 Å². The summed E-state index contributed by atoms with van der Waals surface area (Å²) in [4.78, 5) is 10.2. The van der Waals surface area contributed by atoms with Gasteiger partial charge in [0.25, 0.3) is 0 Å². The van der Waals surface area contributed by atoms with Gasteiger partial charge in [-0.2, -0.15) is 0 Å². The topological polar surface area (TPSA) is 41.1 Å². The van der Waals surface area contributed by atoms with E-state index in [2.05, 4.69) is 27.1 Å². The van der Waals surface area contributed by atoms with Gasteiger partial charge in [0.05, 0.1) is 5.69 Å². The molecule has 1 atom stereocenters. The maximum absolute atomic E-state index is 14.2. The minimum absolute atomic E-state index is 0.254. The molecule has 4 nitrogen and oxygen atoms in total. The molecule has 1 N–H and O–H groups in total. The molecule has 17 heavy (non-hydrogen) atoms. The Bertz CT molecular complexity index is 383. The number of nitrogens with one attached hydrogen (secondary N) is 1. The highest BCUT2D eigenvalue weighted by molar-refractivity contribution is 5.43. The van der Waals surface area contributed by atoms with E-state index < -0.39 is 0 Å². The SMILES string of the molecule is CCc1ncnc(N2CCNCC2CC)c1F. The van der Waals surface area contributed by atoms with Crippen molar-refractivity contribution < 1.29 is 4.39 Å². The predicted molar refractivity (Wildman–Crippen MR) is 65.7 cm³/mol. The number of nitrogens with zero attached hydrogens (tertiary/aromatic N) is 3. The molecule has 1 saturated heterocycles. The molecule has 2 rings (SSSR count). The fraction of sp³-hybridized carbons (Fsp3) is 0.667. The Hall–Kier alpha value is -1.23. The van der Waals surface area contributed by atoms with Gasteiger partial charge in [-0.05, 0) is 12.8 Å². The molecule has 0 amide bonds. The molecule has 1 aliphatic heterocycles. The van der Waals surface area contributed by atoms with Gasteiger partial charge >= 0.3 is 0 Å². The van der Waals surface area contributed by atoms with Gasteiger partial charge in [-0.15, -0.1) is 0 Å². The van der Waals surface area contributed by atoms with Crippen LogP contribution in [0.2, 0.25) is 0 Å². The van der Waals surface area contributed by atoms with Crippen molar-refractivity contribution in [2.45, 2.75) is 32.7 Å². The Morgan fingerprint density at radius 3 is 3.00 bits per heavy atom. The Morgan fingerprint density at radius 2 is 2.29 bits per heavy atom. The Balaban J connectivity index is 2.31. The van der Waals surface area contributed by atoms with E-state index in [4.69, 9.17) is 0 Å². The molecule has 0 aromatic carbocycles. The third-order valence-electron chi connectivity index (χ3n) is 3.27. The van der Waals surface area contributed by atoms with Crippen molar-refractivity contribution in [3.8, 4) is 0 Å². The second kappa shape index (κ2) is 5.40. The number of aromatic nitrogens is 2. The molecule has 1 fully saturated rings. The van der Waals surface area contributed by atoms with Crippen LogP contribution in [0.4, 0.5) is 10.2 Å². The van der Waals surface area contributed by atoms with Gasteiger partial charge < -0.3 is 10.2 Å². The van der Waals surface area contributed by atoms with Crippen LogP contribution in [-0.4, -0.2) is 35.6 Å². The molecule has 0 spiro atoms. The summed E-state index contributed by atoms with van der Waals surface area (Å²) >= 11 is 0. The standard InChI is InChI=1S/C12H19FN4/c1-3-9-7-14-5-6-17(9)12-11(13)10(4-2)15-8-16-12/h8-9,14H,3-7H2,1-2H3. The van der Waals surface area contributed by atoms with Gasteiger partial charge in [-0.1, -0.05) is 13.8 Å². The number of anilines is 1. The van der Waals surface area contributed by atoms with Crippen molar-refractivity contribution in [3.63, 3.8) is 0 Å². The lowest BCUT2D eigenvalue weighted by atomic mass is 10.1. The van der Waals surface area contributed by atoms with Gasteiger partial charge in [-0.25, -0.2) is 14.4 Å². The highest BCUT2D eigenvalue weighted by Gasteiger charge is 2.25. The summed E-state index contributed by atoms with van der Waals surface area (Å²) in [5.74, 6) is 0.209. The minimum atomic E-state index is -0.254. The monoisotopic (exact) mass is 238 g/mol. The van der Waals surface area contributed by atoms with Gasteiger partial charge in [0.1, 0.15) is 6.33 Å². The summed E-state index contributed by atoms with van der Waals surface area (Å²) in [6.45, 7) is 6.59. The summed E-state index contributed by atoms with van der Waals surface area (Å²) in [6, 6.07) is 0.317. The van der Waals surface area contributed by atoms with Crippen LogP contribution >= 0.6 is 0 Å². The highest BCUT2D eigenvalue weighted by Crippen LogP contribution is 2.22. The third-order valence-corrected chi connectivity index (χ3v) is 3.27. The van der Waals surface area contributed by atoms with E-state index in [9.17, 15) is 4.39 Å². The van der Waals surface area contributed by atoms with Crippen molar-refractivity contribution in [1.82, 2.24) is 15.3 Å². The highest BCUT2D eigenvalue weighted by atomic mass is 19.1. The summed E-state index contributed by atoms with van der Waals surface area (Å²) in [7, 11) is 0. The van der Waals surface area contributed by atoms with Gasteiger partial charge in [0, 0.05) is 25.7 Å². The molecule has 0 saturated carbocycles. The summed E-state index contributed by atoms with van der Waals surface area (Å²) in [6.07, 6.45) is 3.05. The third kappa shape index (κ3) is 2.39. The first-order valence-electron chi connectivity index (χ1n) is 6.24. The lowest BCUT2D eigenvalue weighted by molar-refractivity contribution is 0.452. The molecular weight excluding hydrogens is 219 g/mol. The van der Waals surface area contributed by atoms with Crippen LogP contribution in [0, 0.1) is 5.82 Å². The smallest absolute Gasteiger partial charge is 0.187 e.